The van der Waals surface area contributed by atoms with Crippen molar-refractivity contribution in [1.82, 2.24) is 10.6 Å². The van der Waals surface area contributed by atoms with E-state index in [1.807, 2.05) is 7.05 Å². The Hall–Kier alpha value is -0.300. The minimum Gasteiger partial charge on any atom is -0.356 e. The van der Waals surface area contributed by atoms with Crippen molar-refractivity contribution in [3.05, 3.63) is 22.4 Å². The molecular weight excluding hydrogens is 381 g/mol. The molecule has 0 aliphatic heterocycles. The molecule has 0 saturated heterocycles. The van der Waals surface area contributed by atoms with Crippen molar-refractivity contribution < 1.29 is 0 Å². The Morgan fingerprint density at radius 3 is 2.80 bits per heavy atom. The highest BCUT2D eigenvalue weighted by atomic mass is 127. The largest absolute Gasteiger partial charge is 0.356 e. The molecule has 3 nitrogen and oxygen atoms in total. The summed E-state index contributed by atoms with van der Waals surface area (Å²) in [6, 6.07) is 2.14. The van der Waals surface area contributed by atoms with Crippen LogP contribution in [0.1, 0.15) is 44.1 Å². The van der Waals surface area contributed by atoms with Gasteiger partial charge < -0.3 is 10.6 Å². The molecule has 1 aromatic rings. The van der Waals surface area contributed by atoms with Crippen LogP contribution in [0.3, 0.4) is 0 Å². The normalized spacial score (nSPS) is 15.9. The minimum absolute atomic E-state index is 0. The quantitative estimate of drug-likeness (QED) is 0.324. The van der Waals surface area contributed by atoms with Crippen LogP contribution in [0.5, 0.6) is 0 Å². The fourth-order valence-electron chi connectivity index (χ4n) is 2.70. The van der Waals surface area contributed by atoms with E-state index in [0.29, 0.717) is 0 Å². The number of aliphatic imine (C=N–C) groups is 1. The fraction of sp³-hybridized carbons (Fsp3) is 0.667. The third-order valence-electron chi connectivity index (χ3n) is 3.82. The van der Waals surface area contributed by atoms with E-state index < -0.39 is 0 Å². The molecule has 0 amide bonds. The van der Waals surface area contributed by atoms with Crippen LogP contribution in [0.25, 0.3) is 0 Å². The molecule has 5 heteroatoms. The van der Waals surface area contributed by atoms with E-state index in [1.165, 1.54) is 44.1 Å². The minimum atomic E-state index is 0. The zero-order chi connectivity index (χ0) is 13.3. The number of nitrogens with one attached hydrogen (secondary N) is 2. The van der Waals surface area contributed by atoms with Gasteiger partial charge in [0.1, 0.15) is 0 Å². The molecule has 1 aromatic heterocycles. The van der Waals surface area contributed by atoms with Gasteiger partial charge in [-0.25, -0.2) is 0 Å². The van der Waals surface area contributed by atoms with Gasteiger partial charge in [0.25, 0.3) is 0 Å². The highest BCUT2D eigenvalue weighted by molar-refractivity contribution is 14.0. The van der Waals surface area contributed by atoms with E-state index in [2.05, 4.69) is 32.5 Å². The molecule has 0 spiro atoms. The zero-order valence-corrected chi connectivity index (χ0v) is 15.4. The van der Waals surface area contributed by atoms with Crippen molar-refractivity contribution in [2.75, 3.05) is 13.6 Å². The van der Waals surface area contributed by atoms with Crippen LogP contribution < -0.4 is 10.6 Å². The maximum atomic E-state index is 4.25. The molecule has 0 unspecified atom stereocenters. The van der Waals surface area contributed by atoms with Gasteiger partial charge in [-0.1, -0.05) is 25.7 Å². The van der Waals surface area contributed by atoms with E-state index in [-0.39, 0.29) is 24.0 Å². The Labute approximate surface area is 143 Å². The second-order valence-corrected chi connectivity index (χ2v) is 6.06. The lowest BCUT2D eigenvalue weighted by atomic mass is 10.0. The second kappa shape index (κ2) is 10.4. The fourth-order valence-corrected chi connectivity index (χ4v) is 3.36. The molecule has 2 rings (SSSR count). The molecule has 1 fully saturated rings. The highest BCUT2D eigenvalue weighted by Gasteiger charge is 2.13. The third-order valence-corrected chi connectivity index (χ3v) is 4.55. The summed E-state index contributed by atoms with van der Waals surface area (Å²) in [5, 5.41) is 11.0. The van der Waals surface area contributed by atoms with Crippen molar-refractivity contribution in [2.24, 2.45) is 10.9 Å². The summed E-state index contributed by atoms with van der Waals surface area (Å²) < 4.78 is 0. The molecule has 1 aliphatic rings. The van der Waals surface area contributed by atoms with Gasteiger partial charge in [-0.05, 0) is 41.1 Å². The lowest BCUT2D eigenvalue weighted by Gasteiger charge is -2.12. The van der Waals surface area contributed by atoms with Gasteiger partial charge >= 0.3 is 0 Å². The Balaban J connectivity index is 0.00000200. The topological polar surface area (TPSA) is 36.4 Å². The zero-order valence-electron chi connectivity index (χ0n) is 12.2. The average Bonchev–Trinajstić information content (AvgIpc) is 3.11. The van der Waals surface area contributed by atoms with E-state index in [4.69, 9.17) is 0 Å². The van der Waals surface area contributed by atoms with Gasteiger partial charge in [0, 0.05) is 20.1 Å². The van der Waals surface area contributed by atoms with Crippen LogP contribution in [0.2, 0.25) is 0 Å². The van der Waals surface area contributed by atoms with Crippen molar-refractivity contribution in [2.45, 2.75) is 45.1 Å². The monoisotopic (exact) mass is 407 g/mol. The predicted octanol–water partition coefficient (Wildman–Crippen LogP) is 4.00. The van der Waals surface area contributed by atoms with Crippen molar-refractivity contribution >= 4 is 41.3 Å². The van der Waals surface area contributed by atoms with Crippen molar-refractivity contribution in [1.29, 1.82) is 0 Å². The van der Waals surface area contributed by atoms with Crippen LogP contribution in [-0.4, -0.2) is 19.6 Å². The van der Waals surface area contributed by atoms with Gasteiger partial charge in [-0.15, -0.1) is 24.0 Å². The number of halogens is 1. The molecular formula is C15H26IN3S. The number of thiophene rings is 1. The molecule has 1 heterocycles. The Kier molecular flexibility index (Phi) is 9.26. The molecule has 1 saturated carbocycles. The van der Waals surface area contributed by atoms with Gasteiger partial charge in [-0.3, -0.25) is 4.99 Å². The molecule has 1 aliphatic carbocycles. The van der Waals surface area contributed by atoms with Gasteiger partial charge in [0.15, 0.2) is 5.96 Å². The maximum absolute atomic E-state index is 4.25. The van der Waals surface area contributed by atoms with E-state index in [9.17, 15) is 0 Å². The third kappa shape index (κ3) is 6.43. The number of rotatable bonds is 6. The Morgan fingerprint density at radius 1 is 1.35 bits per heavy atom. The molecule has 0 bridgehead atoms. The Morgan fingerprint density at radius 2 is 2.15 bits per heavy atom. The Bertz CT molecular complexity index is 372. The molecule has 0 atom stereocenters. The van der Waals surface area contributed by atoms with Crippen LogP contribution in [0, 0.1) is 5.92 Å². The highest BCUT2D eigenvalue weighted by Crippen LogP contribution is 2.28. The molecule has 2 N–H and O–H groups in total. The molecule has 0 radical (unpaired) electrons. The van der Waals surface area contributed by atoms with Crippen LogP contribution in [0.15, 0.2) is 21.8 Å². The SMILES string of the molecule is CN=C(NCCCC1CCCC1)NCc1ccsc1.I. The van der Waals surface area contributed by atoms with Crippen molar-refractivity contribution in [3.8, 4) is 0 Å². The van der Waals surface area contributed by atoms with Gasteiger partial charge in [0.05, 0.1) is 0 Å². The van der Waals surface area contributed by atoms with Crippen LogP contribution in [0.4, 0.5) is 0 Å². The number of guanidine groups is 1. The standard InChI is InChI=1S/C15H25N3S.HI/c1-16-15(18-11-14-8-10-19-12-14)17-9-4-7-13-5-2-3-6-13;/h8,10,12-13H,2-7,9,11H2,1H3,(H2,16,17,18);1H. The average molecular weight is 407 g/mol. The number of hydrogen-bond donors (Lipinski definition) is 2. The van der Waals surface area contributed by atoms with Crippen LogP contribution >= 0.6 is 35.3 Å². The summed E-state index contributed by atoms with van der Waals surface area (Å²) >= 11 is 1.73. The second-order valence-electron chi connectivity index (χ2n) is 5.28. The molecule has 0 aromatic carbocycles. The maximum Gasteiger partial charge on any atom is 0.191 e. The summed E-state index contributed by atoms with van der Waals surface area (Å²) in [5.74, 6) is 1.90. The lowest BCUT2D eigenvalue weighted by molar-refractivity contribution is 0.481. The summed E-state index contributed by atoms with van der Waals surface area (Å²) in [4.78, 5) is 4.25. The van der Waals surface area contributed by atoms with E-state index >= 15 is 0 Å². The van der Waals surface area contributed by atoms with Crippen molar-refractivity contribution in [3.63, 3.8) is 0 Å². The first kappa shape index (κ1) is 17.8. The number of hydrogen-bond acceptors (Lipinski definition) is 2. The molecule has 20 heavy (non-hydrogen) atoms. The first-order valence-electron chi connectivity index (χ1n) is 7.34. The number of nitrogens with zero attached hydrogens (tertiary/aromatic N) is 1. The van der Waals surface area contributed by atoms with E-state index in [1.54, 1.807) is 11.3 Å². The van der Waals surface area contributed by atoms with Gasteiger partial charge in [0.2, 0.25) is 0 Å². The molecule has 114 valence electrons. The summed E-state index contributed by atoms with van der Waals surface area (Å²) in [5.41, 5.74) is 1.32. The first-order chi connectivity index (χ1) is 9.38. The summed E-state index contributed by atoms with van der Waals surface area (Å²) in [6.07, 6.45) is 8.42. The predicted molar refractivity (Wildman–Crippen MR) is 99.1 cm³/mol. The van der Waals surface area contributed by atoms with E-state index in [0.717, 1.165) is 25.0 Å². The van der Waals surface area contributed by atoms with Crippen LogP contribution in [-0.2, 0) is 6.54 Å². The first-order valence-corrected chi connectivity index (χ1v) is 8.28. The summed E-state index contributed by atoms with van der Waals surface area (Å²) in [7, 11) is 1.83. The lowest BCUT2D eigenvalue weighted by Crippen LogP contribution is -2.37. The van der Waals surface area contributed by atoms with Gasteiger partial charge in [-0.2, -0.15) is 11.3 Å². The summed E-state index contributed by atoms with van der Waals surface area (Å²) in [6.45, 7) is 1.88. The smallest absolute Gasteiger partial charge is 0.191 e.